The molecule has 0 bridgehead atoms. The molecule has 2 rings (SSSR count). The van der Waals surface area contributed by atoms with Crippen LogP contribution in [0.25, 0.3) is 0 Å². The van der Waals surface area contributed by atoms with Crippen molar-refractivity contribution in [1.29, 1.82) is 0 Å². The van der Waals surface area contributed by atoms with Crippen LogP contribution in [0.2, 0.25) is 0 Å². The Morgan fingerprint density at radius 3 is 2.69 bits per heavy atom. The van der Waals surface area contributed by atoms with Crippen LogP contribution < -0.4 is 4.90 Å². The van der Waals surface area contributed by atoms with Gasteiger partial charge in [-0.05, 0) is 37.0 Å². The highest BCUT2D eigenvalue weighted by atomic mass is 19.1. The average molecular weight is 223 g/mol. The first-order valence-corrected chi connectivity index (χ1v) is 5.77. The zero-order valence-corrected chi connectivity index (χ0v) is 9.78. The van der Waals surface area contributed by atoms with Crippen molar-refractivity contribution in [3.8, 4) is 0 Å². The molecule has 16 heavy (non-hydrogen) atoms. The molecule has 2 nitrogen and oxygen atoms in total. The lowest BCUT2D eigenvalue weighted by molar-refractivity contribution is 0.281. The molecule has 1 aliphatic heterocycles. The third-order valence-corrected chi connectivity index (χ3v) is 3.29. The molecule has 1 heterocycles. The van der Waals surface area contributed by atoms with Gasteiger partial charge in [0.2, 0.25) is 0 Å². The Bertz CT molecular complexity index is 380. The Hall–Kier alpha value is -1.09. The van der Waals surface area contributed by atoms with Gasteiger partial charge in [-0.3, -0.25) is 0 Å². The Morgan fingerprint density at radius 2 is 2.19 bits per heavy atom. The minimum Gasteiger partial charge on any atom is -0.392 e. The predicted molar refractivity (Wildman–Crippen MR) is 62.9 cm³/mol. The number of aliphatic hydroxyl groups is 1. The van der Waals surface area contributed by atoms with Gasteiger partial charge in [-0.15, -0.1) is 0 Å². The van der Waals surface area contributed by atoms with Crippen molar-refractivity contribution in [2.45, 2.75) is 32.9 Å². The molecule has 0 radical (unpaired) electrons. The SMILES string of the molecule is CC1CC(C)N(c2ccc(CO)cc2F)C1. The van der Waals surface area contributed by atoms with E-state index in [2.05, 4.69) is 18.7 Å². The highest BCUT2D eigenvalue weighted by Crippen LogP contribution is 2.30. The van der Waals surface area contributed by atoms with Gasteiger partial charge in [0.15, 0.2) is 0 Å². The second-order valence-electron chi connectivity index (χ2n) is 4.79. The summed E-state index contributed by atoms with van der Waals surface area (Å²) in [7, 11) is 0. The number of aliphatic hydroxyl groups excluding tert-OH is 1. The molecule has 0 amide bonds. The molecule has 0 spiro atoms. The first-order chi connectivity index (χ1) is 7.61. The third-order valence-electron chi connectivity index (χ3n) is 3.29. The van der Waals surface area contributed by atoms with E-state index in [0.717, 1.165) is 13.0 Å². The van der Waals surface area contributed by atoms with Crippen molar-refractivity contribution in [2.24, 2.45) is 5.92 Å². The number of nitrogens with zero attached hydrogens (tertiary/aromatic N) is 1. The lowest BCUT2D eigenvalue weighted by Gasteiger charge is -2.24. The van der Waals surface area contributed by atoms with Crippen LogP contribution in [0.5, 0.6) is 0 Å². The van der Waals surface area contributed by atoms with E-state index >= 15 is 0 Å². The molecule has 0 saturated carbocycles. The van der Waals surface area contributed by atoms with Crippen molar-refractivity contribution in [3.05, 3.63) is 29.6 Å². The van der Waals surface area contributed by atoms with E-state index in [1.165, 1.54) is 6.07 Å². The Kier molecular flexibility index (Phi) is 3.15. The van der Waals surface area contributed by atoms with E-state index in [0.29, 0.717) is 23.2 Å². The maximum atomic E-state index is 13.8. The van der Waals surface area contributed by atoms with Crippen LogP contribution in [0.3, 0.4) is 0 Å². The molecular weight excluding hydrogens is 205 g/mol. The van der Waals surface area contributed by atoms with Gasteiger partial charge in [-0.2, -0.15) is 0 Å². The van der Waals surface area contributed by atoms with Crippen LogP contribution in [-0.4, -0.2) is 17.7 Å². The molecule has 1 aliphatic rings. The Balaban J connectivity index is 2.27. The number of hydrogen-bond donors (Lipinski definition) is 1. The highest BCUT2D eigenvalue weighted by Gasteiger charge is 2.27. The van der Waals surface area contributed by atoms with Crippen molar-refractivity contribution in [1.82, 2.24) is 0 Å². The first-order valence-electron chi connectivity index (χ1n) is 5.77. The van der Waals surface area contributed by atoms with Crippen LogP contribution in [-0.2, 0) is 6.61 Å². The number of rotatable bonds is 2. The van der Waals surface area contributed by atoms with Gasteiger partial charge in [0, 0.05) is 12.6 Å². The summed E-state index contributed by atoms with van der Waals surface area (Å²) in [5.74, 6) is 0.388. The van der Waals surface area contributed by atoms with E-state index in [9.17, 15) is 4.39 Å². The zero-order chi connectivity index (χ0) is 11.7. The van der Waals surface area contributed by atoms with E-state index < -0.39 is 0 Å². The third kappa shape index (κ3) is 2.05. The second kappa shape index (κ2) is 4.42. The minimum absolute atomic E-state index is 0.108. The molecule has 0 aliphatic carbocycles. The van der Waals surface area contributed by atoms with Gasteiger partial charge in [-0.25, -0.2) is 4.39 Å². The average Bonchev–Trinajstić information content (AvgIpc) is 2.57. The maximum absolute atomic E-state index is 13.8. The fourth-order valence-electron chi connectivity index (χ4n) is 2.52. The van der Waals surface area contributed by atoms with Gasteiger partial charge in [-0.1, -0.05) is 13.0 Å². The van der Waals surface area contributed by atoms with Crippen LogP contribution in [0.4, 0.5) is 10.1 Å². The van der Waals surface area contributed by atoms with Crippen molar-refractivity contribution >= 4 is 5.69 Å². The number of hydrogen-bond acceptors (Lipinski definition) is 2. The summed E-state index contributed by atoms with van der Waals surface area (Å²) in [6.07, 6.45) is 1.11. The molecule has 1 fully saturated rings. The Morgan fingerprint density at radius 1 is 1.44 bits per heavy atom. The molecule has 3 heteroatoms. The van der Waals surface area contributed by atoms with Crippen molar-refractivity contribution in [2.75, 3.05) is 11.4 Å². The molecule has 1 saturated heterocycles. The van der Waals surface area contributed by atoms with Crippen molar-refractivity contribution in [3.63, 3.8) is 0 Å². The number of anilines is 1. The minimum atomic E-state index is -0.229. The smallest absolute Gasteiger partial charge is 0.146 e. The second-order valence-corrected chi connectivity index (χ2v) is 4.79. The molecule has 2 atom stereocenters. The molecular formula is C13H18FNO. The summed E-state index contributed by atoms with van der Waals surface area (Å²) in [4.78, 5) is 2.11. The fourth-order valence-corrected chi connectivity index (χ4v) is 2.52. The molecule has 88 valence electrons. The summed E-state index contributed by atoms with van der Waals surface area (Å²) in [5, 5.41) is 8.93. The monoisotopic (exact) mass is 223 g/mol. The number of benzene rings is 1. The van der Waals surface area contributed by atoms with Gasteiger partial charge in [0.25, 0.3) is 0 Å². The van der Waals surface area contributed by atoms with E-state index in [-0.39, 0.29) is 12.4 Å². The summed E-state index contributed by atoms with van der Waals surface area (Å²) >= 11 is 0. The van der Waals surface area contributed by atoms with E-state index in [1.807, 2.05) is 0 Å². The largest absolute Gasteiger partial charge is 0.392 e. The Labute approximate surface area is 95.7 Å². The molecule has 1 aromatic carbocycles. The van der Waals surface area contributed by atoms with Gasteiger partial charge in [0.05, 0.1) is 12.3 Å². The van der Waals surface area contributed by atoms with Gasteiger partial charge < -0.3 is 10.0 Å². The summed E-state index contributed by atoms with van der Waals surface area (Å²) in [6, 6.07) is 5.37. The lowest BCUT2D eigenvalue weighted by Crippen LogP contribution is -2.27. The lowest BCUT2D eigenvalue weighted by atomic mass is 10.1. The summed E-state index contributed by atoms with van der Waals surface area (Å²) in [6.45, 7) is 5.12. The summed E-state index contributed by atoms with van der Waals surface area (Å²) < 4.78 is 13.8. The number of halogens is 1. The predicted octanol–water partition coefficient (Wildman–Crippen LogP) is 2.55. The zero-order valence-electron chi connectivity index (χ0n) is 9.78. The van der Waals surface area contributed by atoms with E-state index in [1.54, 1.807) is 12.1 Å². The maximum Gasteiger partial charge on any atom is 0.146 e. The molecule has 0 aromatic heterocycles. The quantitative estimate of drug-likeness (QED) is 0.833. The highest BCUT2D eigenvalue weighted by molar-refractivity contribution is 5.51. The molecule has 1 aromatic rings. The van der Waals surface area contributed by atoms with Gasteiger partial charge >= 0.3 is 0 Å². The standard InChI is InChI=1S/C13H18FNO/c1-9-5-10(2)15(7-9)13-4-3-11(8-16)6-12(13)14/h3-4,6,9-10,16H,5,7-8H2,1-2H3. The van der Waals surface area contributed by atoms with Crippen LogP contribution in [0.1, 0.15) is 25.8 Å². The topological polar surface area (TPSA) is 23.5 Å². The van der Waals surface area contributed by atoms with Crippen LogP contribution >= 0.6 is 0 Å². The van der Waals surface area contributed by atoms with Crippen molar-refractivity contribution < 1.29 is 9.50 Å². The first kappa shape index (κ1) is 11.4. The van der Waals surface area contributed by atoms with Gasteiger partial charge in [0.1, 0.15) is 5.82 Å². The van der Waals surface area contributed by atoms with E-state index in [4.69, 9.17) is 5.11 Å². The summed E-state index contributed by atoms with van der Waals surface area (Å²) in [5.41, 5.74) is 1.29. The van der Waals surface area contributed by atoms with Crippen LogP contribution in [0, 0.1) is 11.7 Å². The fraction of sp³-hybridized carbons (Fsp3) is 0.538. The van der Waals surface area contributed by atoms with Crippen LogP contribution in [0.15, 0.2) is 18.2 Å². The molecule has 2 unspecified atom stereocenters. The molecule has 1 N–H and O–H groups in total. The normalized spacial score (nSPS) is 25.1.